The molecule has 1 aromatic carbocycles. The lowest BCUT2D eigenvalue weighted by atomic mass is 9.88. The van der Waals surface area contributed by atoms with E-state index in [0.717, 1.165) is 18.4 Å². The fourth-order valence-electron chi connectivity index (χ4n) is 4.31. The van der Waals surface area contributed by atoms with Gasteiger partial charge in [0.15, 0.2) is 0 Å². The van der Waals surface area contributed by atoms with Crippen LogP contribution in [0.1, 0.15) is 34.5 Å². The normalized spacial score (nSPS) is 27.2. The van der Waals surface area contributed by atoms with Gasteiger partial charge in [0, 0.05) is 19.6 Å². The maximum atomic E-state index is 13.2. The van der Waals surface area contributed by atoms with Gasteiger partial charge < -0.3 is 4.90 Å². The quantitative estimate of drug-likeness (QED) is 0.812. The fourth-order valence-corrected chi connectivity index (χ4v) is 7.14. The number of rotatable bonds is 3. The third-order valence-corrected chi connectivity index (χ3v) is 8.67. The van der Waals surface area contributed by atoms with Crippen LogP contribution in [0.15, 0.2) is 46.7 Å². The molecule has 1 saturated carbocycles. The average molecular weight is 389 g/mol. The Balaban J connectivity index is 1.56. The Kier molecular flexibility index (Phi) is 3.58. The van der Waals surface area contributed by atoms with Gasteiger partial charge in [0.2, 0.25) is 10.0 Å². The van der Waals surface area contributed by atoms with Crippen molar-refractivity contribution in [2.75, 3.05) is 19.6 Å². The smallest absolute Gasteiger partial charge is 0.263 e. The summed E-state index contributed by atoms with van der Waals surface area (Å²) in [5.74, 6) is 0.461. The number of carbonyl (C=O) groups excluding carboxylic acids is 1. The monoisotopic (exact) mass is 388 g/mol. The standard InChI is InChI=1S/C19H20N2O3S2/c22-18(16-5-3-11-25-16)20-10-9-19(13-20)15-4-1-2-6-17(15)26(23,24)21(19)12-14-7-8-14/h1-6,11,14H,7-10,12-13H2/t19-/m0/s1. The zero-order valence-corrected chi connectivity index (χ0v) is 15.9. The van der Waals surface area contributed by atoms with Gasteiger partial charge in [-0.2, -0.15) is 4.31 Å². The van der Waals surface area contributed by atoms with Crippen molar-refractivity contribution in [2.24, 2.45) is 5.92 Å². The molecule has 0 bridgehead atoms. The molecule has 1 amide bonds. The third-order valence-electron chi connectivity index (χ3n) is 5.82. The number of carbonyl (C=O) groups is 1. The van der Waals surface area contributed by atoms with Crippen LogP contribution in [0.4, 0.5) is 0 Å². The maximum absolute atomic E-state index is 13.2. The molecule has 1 saturated heterocycles. The van der Waals surface area contributed by atoms with Crippen molar-refractivity contribution >= 4 is 27.3 Å². The van der Waals surface area contributed by atoms with E-state index in [4.69, 9.17) is 0 Å². The second-order valence-corrected chi connectivity index (χ2v) is 10.2. The first kappa shape index (κ1) is 16.5. The Hall–Kier alpha value is -1.70. The van der Waals surface area contributed by atoms with Gasteiger partial charge in [-0.1, -0.05) is 24.3 Å². The van der Waals surface area contributed by atoms with Crippen LogP contribution >= 0.6 is 11.3 Å². The summed E-state index contributed by atoms with van der Waals surface area (Å²) in [5, 5.41) is 1.90. The van der Waals surface area contributed by atoms with Crippen molar-refractivity contribution < 1.29 is 13.2 Å². The minimum Gasteiger partial charge on any atom is -0.336 e. The average Bonchev–Trinajstić information content (AvgIpc) is 3.09. The molecule has 7 heteroatoms. The van der Waals surface area contributed by atoms with Gasteiger partial charge in [0.1, 0.15) is 0 Å². The van der Waals surface area contributed by atoms with E-state index in [1.807, 2.05) is 34.5 Å². The van der Waals surface area contributed by atoms with Crippen LogP contribution in [-0.2, 0) is 15.6 Å². The number of thiophene rings is 1. The summed E-state index contributed by atoms with van der Waals surface area (Å²) in [5.41, 5.74) is 0.257. The van der Waals surface area contributed by atoms with Gasteiger partial charge >= 0.3 is 0 Å². The fraction of sp³-hybridized carbons (Fsp3) is 0.421. The van der Waals surface area contributed by atoms with Crippen LogP contribution in [0, 0.1) is 5.92 Å². The second kappa shape index (κ2) is 5.65. The molecule has 26 heavy (non-hydrogen) atoms. The molecule has 1 atom stereocenters. The molecule has 3 aliphatic rings. The van der Waals surface area contributed by atoms with Gasteiger partial charge in [-0.05, 0) is 48.3 Å². The summed E-state index contributed by atoms with van der Waals surface area (Å²) in [6.45, 7) is 1.59. The summed E-state index contributed by atoms with van der Waals surface area (Å²) < 4.78 is 28.2. The summed E-state index contributed by atoms with van der Waals surface area (Å²) in [6, 6.07) is 11.0. The lowest BCUT2D eigenvalue weighted by Gasteiger charge is -2.34. The third kappa shape index (κ3) is 2.30. The number of hydrogen-bond acceptors (Lipinski definition) is 4. The number of benzene rings is 1. The van der Waals surface area contributed by atoms with Gasteiger partial charge in [0.05, 0.1) is 15.3 Å². The topological polar surface area (TPSA) is 57.7 Å². The van der Waals surface area contributed by atoms with Gasteiger partial charge in [0.25, 0.3) is 5.91 Å². The second-order valence-electron chi connectivity index (χ2n) is 7.46. The first-order valence-corrected chi connectivity index (χ1v) is 11.3. The van der Waals surface area contributed by atoms with Crippen molar-refractivity contribution in [1.82, 2.24) is 9.21 Å². The van der Waals surface area contributed by atoms with Crippen molar-refractivity contribution in [3.8, 4) is 0 Å². The number of hydrogen-bond donors (Lipinski definition) is 0. The highest BCUT2D eigenvalue weighted by Gasteiger charge is 2.58. The van der Waals surface area contributed by atoms with Crippen molar-refractivity contribution in [1.29, 1.82) is 0 Å². The highest BCUT2D eigenvalue weighted by molar-refractivity contribution is 7.89. The zero-order chi connectivity index (χ0) is 17.9. The SMILES string of the molecule is O=C(c1cccs1)N1CC[C@]2(C1)c1ccccc1S(=O)(=O)N2CC1CC1. The van der Waals surface area contributed by atoms with Crippen molar-refractivity contribution in [2.45, 2.75) is 29.7 Å². The van der Waals surface area contributed by atoms with Gasteiger partial charge in [-0.15, -0.1) is 11.3 Å². The molecule has 2 aromatic rings. The molecule has 2 fully saturated rings. The van der Waals surface area contributed by atoms with E-state index >= 15 is 0 Å². The largest absolute Gasteiger partial charge is 0.336 e. The predicted octanol–water partition coefficient (Wildman–Crippen LogP) is 2.90. The molecular weight excluding hydrogens is 368 g/mol. The number of amides is 1. The Labute approximate surface area is 157 Å². The molecule has 0 N–H and O–H groups in total. The van der Waals surface area contributed by atoms with Crippen LogP contribution in [-0.4, -0.2) is 43.2 Å². The van der Waals surface area contributed by atoms with E-state index in [-0.39, 0.29) is 5.91 Å². The summed E-state index contributed by atoms with van der Waals surface area (Å²) in [7, 11) is -3.50. The summed E-state index contributed by atoms with van der Waals surface area (Å²) in [6.07, 6.45) is 2.85. The Morgan fingerprint density at radius 2 is 2.00 bits per heavy atom. The summed E-state index contributed by atoms with van der Waals surface area (Å²) >= 11 is 1.43. The minimum absolute atomic E-state index is 0.00465. The van der Waals surface area contributed by atoms with Crippen LogP contribution in [0.2, 0.25) is 0 Å². The Morgan fingerprint density at radius 1 is 1.19 bits per heavy atom. The molecule has 136 valence electrons. The van der Waals surface area contributed by atoms with Crippen LogP contribution in [0.3, 0.4) is 0 Å². The molecule has 1 spiro atoms. The van der Waals surface area contributed by atoms with E-state index in [9.17, 15) is 13.2 Å². The van der Waals surface area contributed by atoms with E-state index in [2.05, 4.69) is 0 Å². The molecule has 1 aliphatic carbocycles. The molecule has 1 aromatic heterocycles. The molecule has 2 aliphatic heterocycles. The number of fused-ring (bicyclic) bond motifs is 2. The first-order valence-electron chi connectivity index (χ1n) is 8.97. The predicted molar refractivity (Wildman–Crippen MR) is 99.6 cm³/mol. The highest BCUT2D eigenvalue weighted by atomic mass is 32.2. The van der Waals surface area contributed by atoms with E-state index in [0.29, 0.717) is 41.7 Å². The zero-order valence-electron chi connectivity index (χ0n) is 14.3. The molecule has 5 rings (SSSR count). The lowest BCUT2D eigenvalue weighted by Crippen LogP contribution is -2.47. The van der Waals surface area contributed by atoms with Crippen molar-refractivity contribution in [3.05, 3.63) is 52.2 Å². The number of sulfonamides is 1. The van der Waals surface area contributed by atoms with Gasteiger partial charge in [-0.25, -0.2) is 8.42 Å². The van der Waals surface area contributed by atoms with E-state index < -0.39 is 15.6 Å². The maximum Gasteiger partial charge on any atom is 0.263 e. The lowest BCUT2D eigenvalue weighted by molar-refractivity contribution is 0.0768. The Morgan fingerprint density at radius 3 is 2.73 bits per heavy atom. The summed E-state index contributed by atoms with van der Waals surface area (Å²) in [4.78, 5) is 15.8. The molecular formula is C19H20N2O3S2. The Bertz CT molecular complexity index is 966. The molecule has 0 radical (unpaired) electrons. The molecule has 5 nitrogen and oxygen atoms in total. The molecule has 0 unspecified atom stereocenters. The minimum atomic E-state index is -3.50. The highest BCUT2D eigenvalue weighted by Crippen LogP contribution is 2.51. The van der Waals surface area contributed by atoms with Crippen LogP contribution in [0.5, 0.6) is 0 Å². The van der Waals surface area contributed by atoms with E-state index in [1.165, 1.54) is 11.3 Å². The van der Waals surface area contributed by atoms with E-state index in [1.54, 1.807) is 16.4 Å². The van der Waals surface area contributed by atoms with Gasteiger partial charge in [-0.3, -0.25) is 4.79 Å². The van der Waals surface area contributed by atoms with Crippen molar-refractivity contribution in [3.63, 3.8) is 0 Å². The van der Waals surface area contributed by atoms with Crippen LogP contribution in [0.25, 0.3) is 0 Å². The van der Waals surface area contributed by atoms with Crippen LogP contribution < -0.4 is 0 Å². The number of nitrogens with zero attached hydrogens (tertiary/aromatic N) is 2. The first-order chi connectivity index (χ1) is 12.5. The number of likely N-dealkylation sites (tertiary alicyclic amines) is 1. The molecule has 3 heterocycles.